The van der Waals surface area contributed by atoms with Gasteiger partial charge < -0.3 is 19.3 Å². The van der Waals surface area contributed by atoms with Crippen molar-refractivity contribution in [3.8, 4) is 0 Å². The SMILES string of the molecule is CCCCCCCCCC/C=C/CCCCCC(=O)O[C@H](COC(=O)CCCCCCCCCCCCCCCCCC)COP(=O)(O)O. The van der Waals surface area contributed by atoms with E-state index >= 15 is 0 Å². The first-order valence-corrected chi connectivity index (χ1v) is 22.0. The summed E-state index contributed by atoms with van der Waals surface area (Å²) in [4.78, 5) is 42.8. The molecule has 0 fully saturated rings. The Bertz CT molecular complexity index is 812. The monoisotopic (exact) mass is 717 g/mol. The number of phosphoric ester groups is 1. The van der Waals surface area contributed by atoms with Crippen molar-refractivity contribution in [1.29, 1.82) is 0 Å². The highest BCUT2D eigenvalue weighted by atomic mass is 31.2. The first kappa shape index (κ1) is 47.8. The van der Waals surface area contributed by atoms with Crippen LogP contribution in [0.4, 0.5) is 0 Å². The van der Waals surface area contributed by atoms with E-state index in [1.165, 1.54) is 135 Å². The Balaban J connectivity index is 3.91. The molecule has 49 heavy (non-hydrogen) atoms. The second-order valence-corrected chi connectivity index (χ2v) is 15.2. The molecule has 0 aromatic carbocycles. The van der Waals surface area contributed by atoms with E-state index in [-0.39, 0.29) is 19.4 Å². The molecule has 0 aliphatic carbocycles. The van der Waals surface area contributed by atoms with Gasteiger partial charge in [-0.1, -0.05) is 174 Å². The topological polar surface area (TPSA) is 119 Å². The van der Waals surface area contributed by atoms with Crippen molar-refractivity contribution in [1.82, 2.24) is 0 Å². The van der Waals surface area contributed by atoms with Crippen molar-refractivity contribution in [2.24, 2.45) is 0 Å². The molecule has 0 rings (SSSR count). The highest BCUT2D eigenvalue weighted by Gasteiger charge is 2.22. The van der Waals surface area contributed by atoms with Crippen LogP contribution in [-0.2, 0) is 28.2 Å². The maximum absolute atomic E-state index is 12.4. The van der Waals surface area contributed by atoms with Crippen molar-refractivity contribution < 1.29 is 37.9 Å². The maximum Gasteiger partial charge on any atom is 0.469 e. The van der Waals surface area contributed by atoms with Crippen molar-refractivity contribution >= 4 is 19.8 Å². The van der Waals surface area contributed by atoms with Gasteiger partial charge in [0.15, 0.2) is 6.10 Å². The zero-order valence-corrected chi connectivity index (χ0v) is 32.8. The normalized spacial score (nSPS) is 12.5. The lowest BCUT2D eigenvalue weighted by Crippen LogP contribution is -2.29. The molecule has 0 amide bonds. The van der Waals surface area contributed by atoms with Gasteiger partial charge in [0.1, 0.15) is 6.61 Å². The van der Waals surface area contributed by atoms with Crippen LogP contribution in [0.1, 0.15) is 213 Å². The number of allylic oxidation sites excluding steroid dienone is 2. The summed E-state index contributed by atoms with van der Waals surface area (Å²) in [6.07, 6.45) is 39.3. The Hall–Kier alpha value is -1.21. The molecule has 0 saturated heterocycles. The second kappa shape index (κ2) is 36.6. The maximum atomic E-state index is 12.4. The molecular formula is C40H77O8P. The predicted octanol–water partition coefficient (Wildman–Crippen LogP) is 12.2. The molecule has 0 aromatic rings. The molecule has 0 aliphatic rings. The Kier molecular flexibility index (Phi) is 35.7. The molecule has 0 aliphatic heterocycles. The summed E-state index contributed by atoms with van der Waals surface area (Å²) < 4.78 is 26.3. The van der Waals surface area contributed by atoms with Gasteiger partial charge >= 0.3 is 19.8 Å². The van der Waals surface area contributed by atoms with E-state index in [0.717, 1.165) is 44.9 Å². The summed E-state index contributed by atoms with van der Waals surface area (Å²) in [6.45, 7) is 3.69. The van der Waals surface area contributed by atoms with Crippen LogP contribution in [0, 0.1) is 0 Å². The lowest BCUT2D eigenvalue weighted by molar-refractivity contribution is -0.161. The average molecular weight is 717 g/mol. The number of hydrogen-bond acceptors (Lipinski definition) is 6. The molecule has 0 unspecified atom stereocenters. The highest BCUT2D eigenvalue weighted by Crippen LogP contribution is 2.36. The van der Waals surface area contributed by atoms with E-state index < -0.39 is 32.5 Å². The van der Waals surface area contributed by atoms with Crippen LogP contribution in [0.5, 0.6) is 0 Å². The minimum Gasteiger partial charge on any atom is -0.462 e. The third kappa shape index (κ3) is 39.4. The number of phosphoric acid groups is 1. The van der Waals surface area contributed by atoms with Crippen molar-refractivity contribution in [2.75, 3.05) is 13.2 Å². The quantitative estimate of drug-likeness (QED) is 0.0280. The van der Waals surface area contributed by atoms with Gasteiger partial charge in [-0.3, -0.25) is 14.1 Å². The molecule has 0 radical (unpaired) electrons. The van der Waals surface area contributed by atoms with Crippen molar-refractivity contribution in [3.05, 3.63) is 12.2 Å². The van der Waals surface area contributed by atoms with Crippen molar-refractivity contribution in [2.45, 2.75) is 219 Å². The number of hydrogen-bond donors (Lipinski definition) is 2. The lowest BCUT2D eigenvalue weighted by Gasteiger charge is -2.18. The van der Waals surface area contributed by atoms with Gasteiger partial charge in [-0.2, -0.15) is 0 Å². The van der Waals surface area contributed by atoms with Crippen LogP contribution in [0.2, 0.25) is 0 Å². The number of esters is 2. The highest BCUT2D eigenvalue weighted by molar-refractivity contribution is 7.46. The fourth-order valence-electron chi connectivity index (χ4n) is 5.96. The summed E-state index contributed by atoms with van der Waals surface area (Å²) >= 11 is 0. The van der Waals surface area contributed by atoms with Crippen LogP contribution < -0.4 is 0 Å². The van der Waals surface area contributed by atoms with Crippen LogP contribution in [-0.4, -0.2) is 41.0 Å². The van der Waals surface area contributed by atoms with Crippen LogP contribution >= 0.6 is 7.82 Å². The first-order valence-electron chi connectivity index (χ1n) is 20.5. The number of ether oxygens (including phenoxy) is 2. The minimum atomic E-state index is -4.75. The fourth-order valence-corrected chi connectivity index (χ4v) is 6.32. The number of rotatable bonds is 38. The molecule has 2 N–H and O–H groups in total. The molecule has 290 valence electrons. The number of carbonyl (C=O) groups is 2. The molecule has 1 atom stereocenters. The first-order chi connectivity index (χ1) is 23.8. The molecule has 8 nitrogen and oxygen atoms in total. The van der Waals surface area contributed by atoms with Crippen LogP contribution in [0.15, 0.2) is 12.2 Å². The largest absolute Gasteiger partial charge is 0.469 e. The van der Waals surface area contributed by atoms with Gasteiger partial charge in [0.05, 0.1) is 6.61 Å². The molecule has 9 heteroatoms. The minimum absolute atomic E-state index is 0.196. The summed E-state index contributed by atoms with van der Waals surface area (Å²) in [6, 6.07) is 0. The van der Waals surface area contributed by atoms with Gasteiger partial charge in [-0.05, 0) is 38.5 Å². The molecule has 0 spiro atoms. The summed E-state index contributed by atoms with van der Waals surface area (Å²) in [7, 11) is -4.75. The van der Waals surface area contributed by atoms with Gasteiger partial charge in [-0.25, -0.2) is 4.57 Å². The third-order valence-electron chi connectivity index (χ3n) is 9.03. The Morgan fingerprint density at radius 3 is 1.27 bits per heavy atom. The molecule has 0 heterocycles. The average Bonchev–Trinajstić information content (AvgIpc) is 3.07. The Morgan fingerprint density at radius 1 is 0.510 bits per heavy atom. The van der Waals surface area contributed by atoms with Crippen LogP contribution in [0.25, 0.3) is 0 Å². The lowest BCUT2D eigenvalue weighted by atomic mass is 10.0. The molecule has 0 aromatic heterocycles. The van der Waals surface area contributed by atoms with E-state index in [1.54, 1.807) is 0 Å². The van der Waals surface area contributed by atoms with Crippen molar-refractivity contribution in [3.63, 3.8) is 0 Å². The summed E-state index contributed by atoms with van der Waals surface area (Å²) in [5, 5.41) is 0. The molecular weight excluding hydrogens is 639 g/mol. The summed E-state index contributed by atoms with van der Waals surface area (Å²) in [5.74, 6) is -0.892. The third-order valence-corrected chi connectivity index (χ3v) is 9.52. The van der Waals surface area contributed by atoms with Gasteiger partial charge in [0.2, 0.25) is 0 Å². The van der Waals surface area contributed by atoms with Gasteiger partial charge in [0, 0.05) is 12.8 Å². The Morgan fingerprint density at radius 2 is 0.857 bits per heavy atom. The molecule has 0 saturated carbocycles. The van der Waals surface area contributed by atoms with E-state index in [9.17, 15) is 14.2 Å². The Labute approximate surface area is 301 Å². The number of carbonyl (C=O) groups excluding carboxylic acids is 2. The zero-order valence-electron chi connectivity index (χ0n) is 31.9. The molecule has 0 bridgehead atoms. The second-order valence-electron chi connectivity index (χ2n) is 14.0. The summed E-state index contributed by atoms with van der Waals surface area (Å²) in [5.41, 5.74) is 0. The van der Waals surface area contributed by atoms with E-state index in [1.807, 2.05) is 0 Å². The van der Waals surface area contributed by atoms with E-state index in [0.29, 0.717) is 6.42 Å². The fraction of sp³-hybridized carbons (Fsp3) is 0.900. The number of unbranched alkanes of at least 4 members (excludes halogenated alkanes) is 26. The van der Waals surface area contributed by atoms with E-state index in [2.05, 4.69) is 30.5 Å². The van der Waals surface area contributed by atoms with E-state index in [4.69, 9.17) is 19.3 Å². The van der Waals surface area contributed by atoms with Crippen LogP contribution in [0.3, 0.4) is 0 Å². The standard InChI is InChI=1S/C40H77O8P/c1-3-5-7-9-11-13-15-17-19-21-22-24-26-28-30-32-34-39(41)46-36-38(37-47-49(43,44)45)48-40(42)35-33-31-29-27-25-23-20-18-16-14-12-10-8-6-4-2/h23,25,38H,3-22,24,26-37H2,1-2H3,(H2,43,44,45)/b25-23+/t38-/m1/s1. The smallest absolute Gasteiger partial charge is 0.462 e. The zero-order chi connectivity index (χ0) is 36.1. The van der Waals surface area contributed by atoms with Gasteiger partial charge in [-0.15, -0.1) is 0 Å². The van der Waals surface area contributed by atoms with Gasteiger partial charge in [0.25, 0.3) is 0 Å². The predicted molar refractivity (Wildman–Crippen MR) is 202 cm³/mol.